The number of aliphatic hydroxyl groups excluding tert-OH is 1. The molecule has 1 fully saturated rings. The molecule has 1 aliphatic carbocycles. The van der Waals surface area contributed by atoms with E-state index in [1.165, 1.54) is 25.7 Å². The first-order valence-electron chi connectivity index (χ1n) is 8.06. The summed E-state index contributed by atoms with van der Waals surface area (Å²) in [4.78, 5) is 0. The van der Waals surface area contributed by atoms with E-state index in [2.05, 4.69) is 19.2 Å². The average Bonchev–Trinajstić information content (AvgIpc) is 2.43. The van der Waals surface area contributed by atoms with E-state index in [9.17, 15) is 5.11 Å². The van der Waals surface area contributed by atoms with Crippen LogP contribution in [0.15, 0.2) is 0 Å². The predicted octanol–water partition coefficient (Wildman–Crippen LogP) is 2.20. The zero-order chi connectivity index (χ0) is 15.0. The molecule has 4 nitrogen and oxygen atoms in total. The van der Waals surface area contributed by atoms with Crippen LogP contribution in [0.2, 0.25) is 0 Å². The predicted molar refractivity (Wildman–Crippen MR) is 81.9 cm³/mol. The maximum Gasteiger partial charge on any atom is 0.0897 e. The molecule has 0 heterocycles. The van der Waals surface area contributed by atoms with Crippen LogP contribution in [0.25, 0.3) is 0 Å². The largest absolute Gasteiger partial charge is 0.389 e. The number of rotatable bonds is 9. The average molecular weight is 287 g/mol. The number of hydrogen-bond donors (Lipinski definition) is 2. The van der Waals surface area contributed by atoms with Crippen molar-refractivity contribution >= 4 is 0 Å². The van der Waals surface area contributed by atoms with Crippen molar-refractivity contribution in [1.82, 2.24) is 5.32 Å². The summed E-state index contributed by atoms with van der Waals surface area (Å²) in [5.74, 6) is 1.45. The molecule has 0 spiro atoms. The second-order valence-electron chi connectivity index (χ2n) is 6.46. The smallest absolute Gasteiger partial charge is 0.0897 e. The van der Waals surface area contributed by atoms with E-state index in [4.69, 9.17) is 9.47 Å². The van der Waals surface area contributed by atoms with Crippen LogP contribution in [0.4, 0.5) is 0 Å². The topological polar surface area (TPSA) is 50.7 Å². The van der Waals surface area contributed by atoms with Gasteiger partial charge in [-0.05, 0) is 31.6 Å². The van der Waals surface area contributed by atoms with Gasteiger partial charge in [0.25, 0.3) is 0 Å². The van der Waals surface area contributed by atoms with E-state index in [0.29, 0.717) is 31.7 Å². The van der Waals surface area contributed by atoms with Crippen molar-refractivity contribution in [1.29, 1.82) is 0 Å². The first-order valence-corrected chi connectivity index (χ1v) is 8.06. The number of methoxy groups -OCH3 is 1. The van der Waals surface area contributed by atoms with Gasteiger partial charge in [-0.15, -0.1) is 0 Å². The Morgan fingerprint density at radius 3 is 2.50 bits per heavy atom. The molecule has 4 unspecified atom stereocenters. The maximum absolute atomic E-state index is 9.99. The van der Waals surface area contributed by atoms with Crippen LogP contribution in [0.3, 0.4) is 0 Å². The molecule has 1 aliphatic rings. The summed E-state index contributed by atoms with van der Waals surface area (Å²) in [7, 11) is 1.66. The zero-order valence-corrected chi connectivity index (χ0v) is 13.6. The van der Waals surface area contributed by atoms with E-state index in [1.807, 2.05) is 6.92 Å². The third-order valence-electron chi connectivity index (χ3n) is 4.27. The molecule has 0 saturated heterocycles. The minimum Gasteiger partial charge on any atom is -0.389 e. The molecule has 0 bridgehead atoms. The van der Waals surface area contributed by atoms with Gasteiger partial charge >= 0.3 is 0 Å². The van der Waals surface area contributed by atoms with Crippen LogP contribution < -0.4 is 5.32 Å². The SMILES string of the molecule is COCC(C)OCC(O)CNC1CCCCC1C(C)C. The van der Waals surface area contributed by atoms with Gasteiger partial charge in [0, 0.05) is 19.7 Å². The standard InChI is InChI=1S/C16H33NO3/c1-12(2)15-7-5-6-8-16(15)17-9-14(18)11-20-13(3)10-19-4/h12-18H,5-11H2,1-4H3. The van der Waals surface area contributed by atoms with Crippen molar-refractivity contribution in [2.75, 3.05) is 26.9 Å². The van der Waals surface area contributed by atoms with Crippen molar-refractivity contribution in [2.45, 2.75) is 64.7 Å². The van der Waals surface area contributed by atoms with Crippen LogP contribution in [-0.4, -0.2) is 50.2 Å². The van der Waals surface area contributed by atoms with Gasteiger partial charge in [-0.3, -0.25) is 0 Å². The molecule has 0 aromatic rings. The lowest BCUT2D eigenvalue weighted by atomic mass is 9.78. The fourth-order valence-electron chi connectivity index (χ4n) is 3.12. The van der Waals surface area contributed by atoms with E-state index in [1.54, 1.807) is 7.11 Å². The molecular formula is C16H33NO3. The Labute approximate surface area is 124 Å². The number of aliphatic hydroxyl groups is 1. The van der Waals surface area contributed by atoms with Crippen molar-refractivity contribution in [2.24, 2.45) is 11.8 Å². The van der Waals surface area contributed by atoms with Gasteiger partial charge in [0.05, 0.1) is 25.4 Å². The van der Waals surface area contributed by atoms with Gasteiger partial charge < -0.3 is 19.9 Å². The normalized spacial score (nSPS) is 26.7. The Kier molecular flexibility index (Phi) is 8.69. The highest BCUT2D eigenvalue weighted by Gasteiger charge is 2.27. The zero-order valence-electron chi connectivity index (χ0n) is 13.6. The summed E-state index contributed by atoms with van der Waals surface area (Å²) in [5.41, 5.74) is 0. The summed E-state index contributed by atoms with van der Waals surface area (Å²) in [6, 6.07) is 0.551. The Morgan fingerprint density at radius 2 is 1.85 bits per heavy atom. The highest BCUT2D eigenvalue weighted by Crippen LogP contribution is 2.30. The van der Waals surface area contributed by atoms with E-state index < -0.39 is 6.10 Å². The second-order valence-corrected chi connectivity index (χ2v) is 6.46. The van der Waals surface area contributed by atoms with Crippen molar-refractivity contribution < 1.29 is 14.6 Å². The molecule has 1 saturated carbocycles. The quantitative estimate of drug-likeness (QED) is 0.682. The van der Waals surface area contributed by atoms with Crippen molar-refractivity contribution in [3.05, 3.63) is 0 Å². The van der Waals surface area contributed by atoms with Gasteiger partial charge in [0.1, 0.15) is 0 Å². The van der Waals surface area contributed by atoms with E-state index >= 15 is 0 Å². The fourth-order valence-corrected chi connectivity index (χ4v) is 3.12. The Morgan fingerprint density at radius 1 is 1.15 bits per heavy atom. The summed E-state index contributed by atoms with van der Waals surface area (Å²) in [5, 5.41) is 13.5. The van der Waals surface area contributed by atoms with Gasteiger partial charge in [-0.2, -0.15) is 0 Å². The summed E-state index contributed by atoms with van der Waals surface area (Å²) in [6.07, 6.45) is 4.79. The summed E-state index contributed by atoms with van der Waals surface area (Å²) in [6.45, 7) is 8.12. The molecule has 20 heavy (non-hydrogen) atoms. The van der Waals surface area contributed by atoms with Crippen molar-refractivity contribution in [3.8, 4) is 0 Å². The van der Waals surface area contributed by atoms with Crippen LogP contribution in [0.5, 0.6) is 0 Å². The fraction of sp³-hybridized carbons (Fsp3) is 1.00. The van der Waals surface area contributed by atoms with Gasteiger partial charge in [-0.25, -0.2) is 0 Å². The third-order valence-corrected chi connectivity index (χ3v) is 4.27. The summed E-state index contributed by atoms with van der Waals surface area (Å²) < 4.78 is 10.6. The molecule has 4 atom stereocenters. The number of ether oxygens (including phenoxy) is 2. The van der Waals surface area contributed by atoms with E-state index in [0.717, 1.165) is 5.92 Å². The minimum atomic E-state index is -0.441. The Hall–Kier alpha value is -0.160. The van der Waals surface area contributed by atoms with Crippen LogP contribution in [-0.2, 0) is 9.47 Å². The third kappa shape index (κ3) is 6.53. The second kappa shape index (κ2) is 9.72. The molecule has 2 N–H and O–H groups in total. The lowest BCUT2D eigenvalue weighted by molar-refractivity contribution is -0.0324. The molecular weight excluding hydrogens is 254 g/mol. The first kappa shape index (κ1) is 17.9. The van der Waals surface area contributed by atoms with Crippen LogP contribution in [0.1, 0.15) is 46.5 Å². The monoisotopic (exact) mass is 287 g/mol. The Bertz CT molecular complexity index is 248. The minimum absolute atomic E-state index is 0.0349. The highest BCUT2D eigenvalue weighted by molar-refractivity contribution is 4.83. The Balaban J connectivity index is 2.23. The maximum atomic E-state index is 9.99. The molecule has 1 rings (SSSR count). The first-order chi connectivity index (χ1) is 9.54. The van der Waals surface area contributed by atoms with Crippen LogP contribution in [0, 0.1) is 11.8 Å². The van der Waals surface area contributed by atoms with Crippen LogP contribution >= 0.6 is 0 Å². The van der Waals surface area contributed by atoms with E-state index in [-0.39, 0.29) is 6.10 Å². The molecule has 0 aromatic carbocycles. The molecule has 0 aliphatic heterocycles. The van der Waals surface area contributed by atoms with Crippen molar-refractivity contribution in [3.63, 3.8) is 0 Å². The molecule has 0 radical (unpaired) electrons. The molecule has 4 heteroatoms. The lowest BCUT2D eigenvalue weighted by Gasteiger charge is -2.35. The van der Waals surface area contributed by atoms with Gasteiger partial charge in [0.15, 0.2) is 0 Å². The molecule has 120 valence electrons. The molecule has 0 aromatic heterocycles. The lowest BCUT2D eigenvalue weighted by Crippen LogP contribution is -2.45. The highest BCUT2D eigenvalue weighted by atomic mass is 16.5. The van der Waals surface area contributed by atoms with Gasteiger partial charge in [0.2, 0.25) is 0 Å². The number of nitrogens with one attached hydrogen (secondary N) is 1. The number of hydrogen-bond acceptors (Lipinski definition) is 4. The van der Waals surface area contributed by atoms with Gasteiger partial charge in [-0.1, -0.05) is 26.7 Å². The molecule has 0 amide bonds. The summed E-state index contributed by atoms with van der Waals surface area (Å²) >= 11 is 0.